The van der Waals surface area contributed by atoms with E-state index in [0.29, 0.717) is 0 Å². The van der Waals surface area contributed by atoms with Crippen LogP contribution in [0, 0.1) is 0 Å². The van der Waals surface area contributed by atoms with E-state index in [4.69, 9.17) is 10.5 Å². The van der Waals surface area contributed by atoms with Crippen molar-refractivity contribution in [1.82, 2.24) is 5.32 Å². The van der Waals surface area contributed by atoms with Gasteiger partial charge in [0, 0.05) is 6.08 Å². The van der Waals surface area contributed by atoms with Gasteiger partial charge >= 0.3 is 11.9 Å². The number of hydrogen-bond donors (Lipinski definition) is 2. The van der Waals surface area contributed by atoms with Crippen LogP contribution >= 0.6 is 12.2 Å². The lowest BCUT2D eigenvalue weighted by atomic mass is 10.1. The maximum atomic E-state index is 11.6. The number of benzene rings is 1. The Labute approximate surface area is 144 Å². The van der Waals surface area contributed by atoms with Crippen LogP contribution in [0.15, 0.2) is 36.9 Å². The third-order valence-corrected chi connectivity index (χ3v) is 2.86. The molecule has 0 radical (unpaired) electrons. The summed E-state index contributed by atoms with van der Waals surface area (Å²) >= 11 is 4.58. The fraction of sp³-hybridized carbons (Fsp3) is 0.250. The second-order valence-corrected chi connectivity index (χ2v) is 5.11. The highest BCUT2D eigenvalue weighted by Crippen LogP contribution is 2.07. The van der Waals surface area contributed by atoms with Gasteiger partial charge in [-0.1, -0.05) is 30.8 Å². The number of ether oxygens (including phenoxy) is 2. The van der Waals surface area contributed by atoms with Gasteiger partial charge in [-0.3, -0.25) is 9.59 Å². The molecule has 0 aromatic heterocycles. The number of carbonyl (C=O) groups excluding carboxylic acids is 3. The largest absolute Gasteiger partial charge is 0.462 e. The van der Waals surface area contributed by atoms with Crippen LogP contribution in [0.2, 0.25) is 0 Å². The van der Waals surface area contributed by atoms with Gasteiger partial charge in [0.25, 0.3) is 0 Å². The molecule has 0 unspecified atom stereocenters. The van der Waals surface area contributed by atoms with Gasteiger partial charge < -0.3 is 20.5 Å². The summed E-state index contributed by atoms with van der Waals surface area (Å²) in [5.74, 6) is -1.31. The van der Waals surface area contributed by atoms with E-state index < -0.39 is 11.9 Å². The number of thiocarbonyl (C=S) groups is 1. The lowest BCUT2D eigenvalue weighted by molar-refractivity contribution is -0.149. The Morgan fingerprint density at radius 3 is 2.17 bits per heavy atom. The van der Waals surface area contributed by atoms with Crippen LogP contribution in [0.4, 0.5) is 0 Å². The summed E-state index contributed by atoms with van der Waals surface area (Å²) in [6.07, 6.45) is 1.25. The van der Waals surface area contributed by atoms with Crippen LogP contribution in [0.5, 0.6) is 0 Å². The van der Waals surface area contributed by atoms with Crippen molar-refractivity contribution in [3.63, 3.8) is 0 Å². The zero-order valence-electron chi connectivity index (χ0n) is 12.9. The SMILES string of the molecule is C=CC(=O)OCCOC(=O)Cc1ccc(CC(=O)NC(N)=S)cc1. The van der Waals surface area contributed by atoms with Gasteiger partial charge in [-0.15, -0.1) is 0 Å². The third-order valence-electron chi connectivity index (χ3n) is 2.76. The summed E-state index contributed by atoms with van der Waals surface area (Å²) < 4.78 is 9.62. The summed E-state index contributed by atoms with van der Waals surface area (Å²) in [7, 11) is 0. The molecule has 0 atom stereocenters. The topological polar surface area (TPSA) is 108 Å². The van der Waals surface area contributed by atoms with Crippen molar-refractivity contribution in [2.24, 2.45) is 5.73 Å². The molecular weight excluding hydrogens is 332 g/mol. The van der Waals surface area contributed by atoms with E-state index >= 15 is 0 Å². The lowest BCUT2D eigenvalue weighted by Gasteiger charge is -2.06. The van der Waals surface area contributed by atoms with E-state index in [0.717, 1.165) is 17.2 Å². The average molecular weight is 350 g/mol. The van der Waals surface area contributed by atoms with E-state index in [1.165, 1.54) is 0 Å². The van der Waals surface area contributed by atoms with Crippen LogP contribution in [0.1, 0.15) is 11.1 Å². The number of esters is 2. The molecule has 0 heterocycles. The van der Waals surface area contributed by atoms with E-state index in [-0.39, 0.29) is 37.1 Å². The first-order valence-electron chi connectivity index (χ1n) is 7.02. The Bertz CT molecular complexity index is 628. The highest BCUT2D eigenvalue weighted by Gasteiger charge is 2.07. The molecular formula is C16H18N2O5S. The molecule has 0 fully saturated rings. The number of nitrogens with one attached hydrogen (secondary N) is 1. The number of hydrogen-bond acceptors (Lipinski definition) is 6. The average Bonchev–Trinajstić information content (AvgIpc) is 2.52. The standard InChI is InChI=1S/C16H18N2O5S/c1-2-14(20)22-7-8-23-15(21)10-12-5-3-11(4-6-12)9-13(19)18-16(17)24/h2-6H,1,7-10H2,(H3,17,18,19,24). The monoisotopic (exact) mass is 350 g/mol. The lowest BCUT2D eigenvalue weighted by Crippen LogP contribution is -2.35. The Morgan fingerprint density at radius 2 is 1.62 bits per heavy atom. The number of amides is 1. The molecule has 1 aromatic rings. The molecule has 0 spiro atoms. The van der Waals surface area contributed by atoms with Crippen molar-refractivity contribution in [2.45, 2.75) is 12.8 Å². The Kier molecular flexibility index (Phi) is 8.14. The Balaban J connectivity index is 2.36. The minimum atomic E-state index is -0.568. The fourth-order valence-corrected chi connectivity index (χ4v) is 1.83. The first-order valence-corrected chi connectivity index (χ1v) is 7.43. The third kappa shape index (κ3) is 8.04. The van der Waals surface area contributed by atoms with Crippen molar-refractivity contribution in [1.29, 1.82) is 0 Å². The molecule has 1 aromatic carbocycles. The highest BCUT2D eigenvalue weighted by molar-refractivity contribution is 7.80. The van der Waals surface area contributed by atoms with E-state index in [9.17, 15) is 14.4 Å². The van der Waals surface area contributed by atoms with Gasteiger partial charge in [0.05, 0.1) is 12.8 Å². The summed E-state index contributed by atoms with van der Waals surface area (Å²) in [4.78, 5) is 33.9. The maximum absolute atomic E-state index is 11.6. The van der Waals surface area contributed by atoms with Crippen molar-refractivity contribution < 1.29 is 23.9 Å². The van der Waals surface area contributed by atoms with Crippen LogP contribution in [0.3, 0.4) is 0 Å². The molecule has 0 aliphatic rings. The Morgan fingerprint density at radius 1 is 1.08 bits per heavy atom. The molecule has 128 valence electrons. The quantitative estimate of drug-likeness (QED) is 0.302. The predicted octanol–water partition coefficient (Wildman–Crippen LogP) is 0.404. The molecule has 24 heavy (non-hydrogen) atoms. The molecule has 7 nitrogen and oxygen atoms in total. The van der Waals surface area contributed by atoms with Crippen LogP contribution in [-0.2, 0) is 36.7 Å². The van der Waals surface area contributed by atoms with E-state index in [1.807, 2.05) is 0 Å². The summed E-state index contributed by atoms with van der Waals surface area (Å²) in [5, 5.41) is 2.26. The minimum absolute atomic E-state index is 0.0182. The molecule has 0 saturated heterocycles. The first-order chi connectivity index (χ1) is 11.4. The molecule has 1 rings (SSSR count). The van der Waals surface area contributed by atoms with E-state index in [2.05, 4.69) is 28.9 Å². The molecule has 0 bridgehead atoms. The smallest absolute Gasteiger partial charge is 0.330 e. The van der Waals surface area contributed by atoms with Gasteiger partial charge in [0.15, 0.2) is 5.11 Å². The molecule has 0 aliphatic heterocycles. The second-order valence-electron chi connectivity index (χ2n) is 4.67. The van der Waals surface area contributed by atoms with Crippen molar-refractivity contribution >= 4 is 35.2 Å². The highest BCUT2D eigenvalue weighted by atomic mass is 32.1. The van der Waals surface area contributed by atoms with Gasteiger partial charge in [-0.25, -0.2) is 4.79 Å². The second kappa shape index (κ2) is 10.1. The molecule has 0 aliphatic carbocycles. The molecule has 8 heteroatoms. The number of rotatable bonds is 8. The maximum Gasteiger partial charge on any atom is 0.330 e. The van der Waals surface area contributed by atoms with Gasteiger partial charge in [-0.2, -0.15) is 0 Å². The van der Waals surface area contributed by atoms with Crippen molar-refractivity contribution in [3.8, 4) is 0 Å². The van der Waals surface area contributed by atoms with Gasteiger partial charge in [0.2, 0.25) is 5.91 Å². The summed E-state index contributed by atoms with van der Waals surface area (Å²) in [6.45, 7) is 3.21. The van der Waals surface area contributed by atoms with Crippen LogP contribution in [-0.4, -0.2) is 36.2 Å². The normalized spacial score (nSPS) is 9.67. The predicted molar refractivity (Wildman–Crippen MR) is 90.9 cm³/mol. The van der Waals surface area contributed by atoms with Gasteiger partial charge in [-0.05, 0) is 23.3 Å². The first kappa shape index (κ1) is 19.3. The Hall–Kier alpha value is -2.74. The summed E-state index contributed by atoms with van der Waals surface area (Å²) in [6, 6.07) is 6.91. The van der Waals surface area contributed by atoms with E-state index in [1.54, 1.807) is 24.3 Å². The van der Waals surface area contributed by atoms with Gasteiger partial charge in [0.1, 0.15) is 13.2 Å². The number of carbonyl (C=O) groups is 3. The molecule has 3 N–H and O–H groups in total. The minimum Gasteiger partial charge on any atom is -0.462 e. The zero-order chi connectivity index (χ0) is 17.9. The molecule has 0 saturated carbocycles. The van der Waals surface area contributed by atoms with Crippen molar-refractivity contribution in [2.75, 3.05) is 13.2 Å². The zero-order valence-corrected chi connectivity index (χ0v) is 13.8. The molecule has 1 amide bonds. The summed E-state index contributed by atoms with van der Waals surface area (Å²) in [5.41, 5.74) is 6.71. The van der Waals surface area contributed by atoms with Crippen molar-refractivity contribution in [3.05, 3.63) is 48.0 Å². The number of nitrogens with two attached hydrogens (primary N) is 1. The van der Waals surface area contributed by atoms with Crippen LogP contribution in [0.25, 0.3) is 0 Å². The van der Waals surface area contributed by atoms with Crippen LogP contribution < -0.4 is 11.1 Å². The fourth-order valence-electron chi connectivity index (χ4n) is 1.72.